The van der Waals surface area contributed by atoms with Crippen LogP contribution in [0.1, 0.15) is 30.3 Å². The molecule has 1 aliphatic heterocycles. The molecule has 1 fully saturated rings. The number of aryl methyl sites for hydroxylation is 1. The molecule has 130 valence electrons. The summed E-state index contributed by atoms with van der Waals surface area (Å²) in [7, 11) is 0. The summed E-state index contributed by atoms with van der Waals surface area (Å²) in [6.07, 6.45) is 3.88. The highest BCUT2D eigenvalue weighted by Gasteiger charge is 2.26. The molecule has 1 aliphatic rings. The molecule has 0 bridgehead atoms. The molecule has 7 nitrogen and oxygen atoms in total. The molecule has 5 rings (SSSR count). The molecule has 26 heavy (non-hydrogen) atoms. The van der Waals surface area contributed by atoms with Gasteiger partial charge in [-0.3, -0.25) is 4.98 Å². The van der Waals surface area contributed by atoms with Crippen LogP contribution < -0.4 is 4.90 Å². The van der Waals surface area contributed by atoms with E-state index in [0.29, 0.717) is 5.92 Å². The summed E-state index contributed by atoms with van der Waals surface area (Å²) in [5, 5.41) is 13.2. The quantitative estimate of drug-likeness (QED) is 0.556. The van der Waals surface area contributed by atoms with Crippen LogP contribution in [0.5, 0.6) is 0 Å². The lowest BCUT2D eigenvalue weighted by Crippen LogP contribution is -2.34. The molecule has 0 spiro atoms. The lowest BCUT2D eigenvalue weighted by Gasteiger charge is -2.31. The van der Waals surface area contributed by atoms with Crippen LogP contribution in [0.4, 0.5) is 5.82 Å². The molecule has 1 saturated heterocycles. The van der Waals surface area contributed by atoms with Gasteiger partial charge < -0.3 is 4.90 Å². The molecule has 0 saturated carbocycles. The molecule has 4 aromatic rings. The van der Waals surface area contributed by atoms with Crippen molar-refractivity contribution in [2.45, 2.75) is 25.7 Å². The lowest BCUT2D eigenvalue weighted by atomic mass is 9.96. The monoisotopic (exact) mass is 345 g/mol. The predicted molar refractivity (Wildman–Crippen MR) is 99.2 cm³/mol. The second-order valence-electron chi connectivity index (χ2n) is 6.78. The third-order valence-corrected chi connectivity index (χ3v) is 5.04. The maximum atomic E-state index is 4.77. The molecule has 0 radical (unpaired) electrons. The maximum Gasteiger partial charge on any atom is 0.177 e. The molecular formula is C19H19N7. The van der Waals surface area contributed by atoms with Crippen molar-refractivity contribution in [1.82, 2.24) is 29.8 Å². The number of rotatable bonds is 2. The van der Waals surface area contributed by atoms with Crippen molar-refractivity contribution in [3.8, 4) is 0 Å². The summed E-state index contributed by atoms with van der Waals surface area (Å²) >= 11 is 0. The molecule has 0 unspecified atom stereocenters. The summed E-state index contributed by atoms with van der Waals surface area (Å²) < 4.78 is 1.89. The van der Waals surface area contributed by atoms with E-state index in [1.165, 1.54) is 0 Å². The van der Waals surface area contributed by atoms with E-state index in [4.69, 9.17) is 4.98 Å². The van der Waals surface area contributed by atoms with Crippen molar-refractivity contribution in [3.63, 3.8) is 0 Å². The van der Waals surface area contributed by atoms with Crippen LogP contribution in [-0.4, -0.2) is 42.9 Å². The summed E-state index contributed by atoms with van der Waals surface area (Å²) in [5.41, 5.74) is 3.66. The third-order valence-electron chi connectivity index (χ3n) is 5.04. The normalized spacial score (nSPS) is 15.8. The zero-order chi connectivity index (χ0) is 17.5. The first-order valence-electron chi connectivity index (χ1n) is 8.93. The van der Waals surface area contributed by atoms with Crippen molar-refractivity contribution in [2.75, 3.05) is 18.0 Å². The summed E-state index contributed by atoms with van der Waals surface area (Å²) in [6, 6.07) is 11.9. The Morgan fingerprint density at radius 1 is 0.962 bits per heavy atom. The minimum absolute atomic E-state index is 0.365. The van der Waals surface area contributed by atoms with E-state index < -0.39 is 0 Å². The molecule has 0 atom stereocenters. The highest BCUT2D eigenvalue weighted by Crippen LogP contribution is 2.29. The van der Waals surface area contributed by atoms with Crippen LogP contribution in [0.3, 0.4) is 0 Å². The fraction of sp³-hybridized carbons (Fsp3) is 0.316. The Balaban J connectivity index is 1.37. The molecule has 0 amide bonds. The highest BCUT2D eigenvalue weighted by molar-refractivity contribution is 5.75. The zero-order valence-electron chi connectivity index (χ0n) is 14.6. The zero-order valence-corrected chi connectivity index (χ0v) is 14.6. The van der Waals surface area contributed by atoms with Gasteiger partial charge in [0.15, 0.2) is 11.5 Å². The van der Waals surface area contributed by atoms with Gasteiger partial charge in [0.2, 0.25) is 0 Å². The van der Waals surface area contributed by atoms with Crippen LogP contribution >= 0.6 is 0 Å². The van der Waals surface area contributed by atoms with E-state index in [-0.39, 0.29) is 0 Å². The second kappa shape index (κ2) is 6.01. The van der Waals surface area contributed by atoms with Crippen LogP contribution in [0.25, 0.3) is 16.7 Å². The first kappa shape index (κ1) is 15.2. The molecule has 1 aromatic carbocycles. The minimum Gasteiger partial charge on any atom is -0.355 e. The Kier molecular flexibility index (Phi) is 3.51. The van der Waals surface area contributed by atoms with Crippen LogP contribution in [-0.2, 0) is 0 Å². The summed E-state index contributed by atoms with van der Waals surface area (Å²) in [4.78, 5) is 11.6. The van der Waals surface area contributed by atoms with Gasteiger partial charge in [-0.05, 0) is 44.0 Å². The first-order valence-corrected chi connectivity index (χ1v) is 8.93. The number of aromatic nitrogens is 6. The number of hydrogen-bond acceptors (Lipinski definition) is 6. The van der Waals surface area contributed by atoms with Gasteiger partial charge in [-0.1, -0.05) is 12.1 Å². The number of fused-ring (bicyclic) bond motifs is 2. The molecular weight excluding hydrogens is 326 g/mol. The number of hydrogen-bond donors (Lipinski definition) is 0. The molecule has 4 heterocycles. The van der Waals surface area contributed by atoms with Gasteiger partial charge in [0.25, 0.3) is 0 Å². The summed E-state index contributed by atoms with van der Waals surface area (Å²) in [5.74, 6) is 2.28. The van der Waals surface area contributed by atoms with E-state index in [1.54, 1.807) is 0 Å². The number of piperidine rings is 1. The molecule has 3 aromatic heterocycles. The van der Waals surface area contributed by atoms with Gasteiger partial charge in [-0.15, -0.1) is 10.2 Å². The summed E-state index contributed by atoms with van der Waals surface area (Å²) in [6.45, 7) is 3.85. The van der Waals surface area contributed by atoms with E-state index in [1.807, 2.05) is 54.0 Å². The van der Waals surface area contributed by atoms with Gasteiger partial charge >= 0.3 is 0 Å². The van der Waals surface area contributed by atoms with Crippen molar-refractivity contribution in [2.24, 2.45) is 0 Å². The first-order chi connectivity index (χ1) is 12.8. The standard InChI is InChI=1S/C19H19N7/c1-13-6-7-17-22-23-19(26(17)24-13)14-8-10-25(11-9-14)18-12-20-15-4-2-3-5-16(15)21-18/h2-7,12,14H,8-11H2,1H3. The SMILES string of the molecule is Cc1ccc2nnc(C3CCN(c4cnc5ccccc5n4)CC3)n2n1. The van der Waals surface area contributed by atoms with Crippen LogP contribution in [0.2, 0.25) is 0 Å². The average molecular weight is 345 g/mol. The third kappa shape index (κ3) is 2.56. The Morgan fingerprint density at radius 3 is 2.62 bits per heavy atom. The van der Waals surface area contributed by atoms with Crippen LogP contribution in [0, 0.1) is 6.92 Å². The topological polar surface area (TPSA) is 72.1 Å². The fourth-order valence-corrected chi connectivity index (χ4v) is 3.62. The molecule has 0 N–H and O–H groups in total. The van der Waals surface area contributed by atoms with Gasteiger partial charge in [-0.2, -0.15) is 9.61 Å². The predicted octanol–water partition coefficient (Wildman–Crippen LogP) is 2.76. The van der Waals surface area contributed by atoms with Crippen molar-refractivity contribution >= 4 is 22.5 Å². The number of benzene rings is 1. The Bertz CT molecular complexity index is 1080. The van der Waals surface area contributed by atoms with E-state index in [2.05, 4.69) is 25.2 Å². The minimum atomic E-state index is 0.365. The van der Waals surface area contributed by atoms with E-state index >= 15 is 0 Å². The number of anilines is 1. The second-order valence-corrected chi connectivity index (χ2v) is 6.78. The smallest absolute Gasteiger partial charge is 0.177 e. The van der Waals surface area contributed by atoms with Gasteiger partial charge in [0.05, 0.1) is 22.9 Å². The molecule has 0 aliphatic carbocycles. The number of nitrogens with zero attached hydrogens (tertiary/aromatic N) is 7. The average Bonchev–Trinajstić information content (AvgIpc) is 3.11. The van der Waals surface area contributed by atoms with E-state index in [0.717, 1.165) is 59.9 Å². The maximum absolute atomic E-state index is 4.77. The lowest BCUT2D eigenvalue weighted by molar-refractivity contribution is 0.475. The van der Waals surface area contributed by atoms with Gasteiger partial charge in [0, 0.05) is 19.0 Å². The largest absolute Gasteiger partial charge is 0.355 e. The van der Waals surface area contributed by atoms with Crippen molar-refractivity contribution in [1.29, 1.82) is 0 Å². The highest BCUT2D eigenvalue weighted by atomic mass is 15.4. The van der Waals surface area contributed by atoms with Gasteiger partial charge in [-0.25, -0.2) is 4.98 Å². The fourth-order valence-electron chi connectivity index (χ4n) is 3.62. The van der Waals surface area contributed by atoms with Crippen LogP contribution in [0.15, 0.2) is 42.6 Å². The Hall–Kier alpha value is -3.09. The Morgan fingerprint density at radius 2 is 1.77 bits per heavy atom. The number of para-hydroxylation sites is 2. The van der Waals surface area contributed by atoms with Gasteiger partial charge in [0.1, 0.15) is 5.82 Å². The Labute approximate surface area is 150 Å². The molecule has 7 heteroatoms. The van der Waals surface area contributed by atoms with Crippen molar-refractivity contribution in [3.05, 3.63) is 54.1 Å². The van der Waals surface area contributed by atoms with Crippen molar-refractivity contribution < 1.29 is 0 Å². The van der Waals surface area contributed by atoms with E-state index in [9.17, 15) is 0 Å².